The molecule has 0 unspecified atom stereocenters. The number of nitrogens with zero attached hydrogens (tertiary/aromatic N) is 2. The Hall–Kier alpha value is -0.650. The van der Waals surface area contributed by atoms with Crippen LogP contribution in [0, 0.1) is 0 Å². The van der Waals surface area contributed by atoms with Crippen molar-refractivity contribution in [3.05, 3.63) is 27.5 Å². The number of hydroxylamine groups is 2. The van der Waals surface area contributed by atoms with Crippen LogP contribution in [-0.2, 0) is 4.84 Å². The van der Waals surface area contributed by atoms with Gasteiger partial charge in [-0.15, -0.1) is 0 Å². The number of aromatic nitrogens is 1. The maximum Gasteiger partial charge on any atom is 0.280 e. The minimum absolute atomic E-state index is 0.147. The molecular weight excluding hydrogens is 271 g/mol. The van der Waals surface area contributed by atoms with Crippen molar-refractivity contribution < 1.29 is 9.63 Å². The topological polar surface area (TPSA) is 42.4 Å². The molecule has 14 heavy (non-hydrogen) atoms. The minimum atomic E-state index is -0.336. The van der Waals surface area contributed by atoms with Crippen molar-refractivity contribution in [1.29, 1.82) is 0 Å². The van der Waals surface area contributed by atoms with E-state index >= 15 is 0 Å². The number of hydrogen-bond donors (Lipinski definition) is 0. The molecule has 1 amide bonds. The van der Waals surface area contributed by atoms with Crippen molar-refractivity contribution in [1.82, 2.24) is 10.0 Å². The van der Waals surface area contributed by atoms with E-state index in [1.807, 2.05) is 0 Å². The number of carbonyl (C=O) groups excluding carboxylic acids is 1. The first kappa shape index (κ1) is 11.4. The minimum Gasteiger partial charge on any atom is -0.274 e. The summed E-state index contributed by atoms with van der Waals surface area (Å²) in [6, 6.07) is 3.22. The van der Waals surface area contributed by atoms with Crippen molar-refractivity contribution >= 4 is 33.4 Å². The van der Waals surface area contributed by atoms with Gasteiger partial charge in [-0.05, 0) is 28.1 Å². The van der Waals surface area contributed by atoms with E-state index in [1.165, 1.54) is 14.2 Å². The molecule has 6 heteroatoms. The van der Waals surface area contributed by atoms with Gasteiger partial charge < -0.3 is 0 Å². The number of halogens is 2. The van der Waals surface area contributed by atoms with Crippen LogP contribution in [-0.4, -0.2) is 30.1 Å². The molecular formula is C8H8BrClN2O2. The molecule has 1 rings (SSSR count). The summed E-state index contributed by atoms with van der Waals surface area (Å²) in [7, 11) is 2.90. The lowest BCUT2D eigenvalue weighted by Crippen LogP contribution is -2.25. The van der Waals surface area contributed by atoms with Gasteiger partial charge in [-0.2, -0.15) is 0 Å². The van der Waals surface area contributed by atoms with Crippen molar-refractivity contribution in [3.63, 3.8) is 0 Å². The van der Waals surface area contributed by atoms with Gasteiger partial charge in [-0.1, -0.05) is 11.6 Å². The zero-order valence-electron chi connectivity index (χ0n) is 7.62. The van der Waals surface area contributed by atoms with Crippen LogP contribution < -0.4 is 0 Å². The Bertz CT molecular complexity index is 359. The summed E-state index contributed by atoms with van der Waals surface area (Å²) in [5, 5.41) is 1.23. The Morgan fingerprint density at radius 2 is 2.29 bits per heavy atom. The highest BCUT2D eigenvalue weighted by Crippen LogP contribution is 2.18. The molecule has 0 N–H and O–H groups in total. The van der Waals surface area contributed by atoms with E-state index in [-0.39, 0.29) is 11.1 Å². The summed E-state index contributed by atoms with van der Waals surface area (Å²) < 4.78 is 0.583. The Morgan fingerprint density at radius 3 is 2.79 bits per heavy atom. The highest BCUT2D eigenvalue weighted by atomic mass is 79.9. The molecule has 0 bridgehead atoms. The first-order valence-electron chi connectivity index (χ1n) is 3.70. The zero-order valence-corrected chi connectivity index (χ0v) is 9.96. The molecule has 1 aromatic heterocycles. The number of rotatable bonds is 2. The average Bonchev–Trinajstić information content (AvgIpc) is 2.15. The summed E-state index contributed by atoms with van der Waals surface area (Å²) in [6.07, 6.45) is 0. The standard InChI is InChI=1S/C8H8BrClN2O2/c1-12(14-2)8(13)5-3-4-6(9)11-7(5)10/h3-4H,1-2H3. The number of amides is 1. The number of hydrogen-bond acceptors (Lipinski definition) is 3. The molecule has 1 aromatic rings. The van der Waals surface area contributed by atoms with Crippen LogP contribution in [0.3, 0.4) is 0 Å². The summed E-state index contributed by atoms with van der Waals surface area (Å²) in [5.74, 6) is -0.336. The van der Waals surface area contributed by atoms with Gasteiger partial charge in [-0.25, -0.2) is 10.0 Å². The maximum absolute atomic E-state index is 11.6. The molecule has 0 aliphatic heterocycles. The van der Waals surface area contributed by atoms with E-state index in [9.17, 15) is 4.79 Å². The normalized spacial score (nSPS) is 10.0. The van der Waals surface area contributed by atoms with E-state index in [1.54, 1.807) is 12.1 Å². The van der Waals surface area contributed by atoms with Gasteiger partial charge in [0, 0.05) is 7.05 Å². The molecule has 0 spiro atoms. The average molecular weight is 280 g/mol. The third-order valence-corrected chi connectivity index (χ3v) is 2.33. The Balaban J connectivity index is 3.02. The van der Waals surface area contributed by atoms with Crippen LogP contribution in [0.4, 0.5) is 0 Å². The molecule has 0 aliphatic rings. The maximum atomic E-state index is 11.6. The Kier molecular flexibility index (Phi) is 3.86. The van der Waals surface area contributed by atoms with Crippen molar-refractivity contribution in [2.75, 3.05) is 14.2 Å². The molecule has 0 atom stereocenters. The Morgan fingerprint density at radius 1 is 1.64 bits per heavy atom. The number of pyridine rings is 1. The van der Waals surface area contributed by atoms with Gasteiger partial charge in [0.25, 0.3) is 5.91 Å². The predicted octanol–water partition coefficient (Wildman–Crippen LogP) is 2.13. The van der Waals surface area contributed by atoms with E-state index in [4.69, 9.17) is 16.4 Å². The zero-order chi connectivity index (χ0) is 10.7. The van der Waals surface area contributed by atoms with Gasteiger partial charge in [0.2, 0.25) is 0 Å². The summed E-state index contributed by atoms with van der Waals surface area (Å²) in [6.45, 7) is 0. The quantitative estimate of drug-likeness (QED) is 0.615. The SMILES string of the molecule is CON(C)C(=O)c1ccc(Br)nc1Cl. The largest absolute Gasteiger partial charge is 0.280 e. The summed E-state index contributed by atoms with van der Waals surface area (Å²) in [5.41, 5.74) is 0.305. The van der Waals surface area contributed by atoms with E-state index in [2.05, 4.69) is 20.9 Å². The van der Waals surface area contributed by atoms with E-state index in [0.29, 0.717) is 10.2 Å². The van der Waals surface area contributed by atoms with Gasteiger partial charge >= 0.3 is 0 Å². The highest BCUT2D eigenvalue weighted by molar-refractivity contribution is 9.10. The smallest absolute Gasteiger partial charge is 0.274 e. The van der Waals surface area contributed by atoms with Crippen LogP contribution in [0.2, 0.25) is 5.15 Å². The molecule has 1 heterocycles. The molecule has 0 saturated carbocycles. The van der Waals surface area contributed by atoms with Gasteiger partial charge in [-0.3, -0.25) is 9.63 Å². The molecule has 76 valence electrons. The van der Waals surface area contributed by atoms with Crippen LogP contribution in [0.25, 0.3) is 0 Å². The van der Waals surface area contributed by atoms with E-state index < -0.39 is 0 Å². The lowest BCUT2D eigenvalue weighted by Gasteiger charge is -2.13. The van der Waals surface area contributed by atoms with Gasteiger partial charge in [0.05, 0.1) is 12.7 Å². The molecule has 0 radical (unpaired) electrons. The second kappa shape index (κ2) is 4.72. The van der Waals surface area contributed by atoms with Crippen LogP contribution in [0.5, 0.6) is 0 Å². The third-order valence-electron chi connectivity index (χ3n) is 1.61. The van der Waals surface area contributed by atoms with Crippen LogP contribution >= 0.6 is 27.5 Å². The van der Waals surface area contributed by atoms with Crippen LogP contribution in [0.1, 0.15) is 10.4 Å². The fourth-order valence-corrected chi connectivity index (χ4v) is 1.47. The first-order chi connectivity index (χ1) is 6.56. The fraction of sp³-hybridized carbons (Fsp3) is 0.250. The Labute approximate surface area is 94.9 Å². The predicted molar refractivity (Wildman–Crippen MR) is 56.0 cm³/mol. The third kappa shape index (κ3) is 2.43. The van der Waals surface area contributed by atoms with E-state index in [0.717, 1.165) is 5.06 Å². The monoisotopic (exact) mass is 278 g/mol. The summed E-state index contributed by atoms with van der Waals surface area (Å²) >= 11 is 8.93. The lowest BCUT2D eigenvalue weighted by atomic mass is 10.3. The van der Waals surface area contributed by atoms with Gasteiger partial charge in [0.15, 0.2) is 0 Å². The summed E-state index contributed by atoms with van der Waals surface area (Å²) in [4.78, 5) is 20.2. The highest BCUT2D eigenvalue weighted by Gasteiger charge is 2.15. The molecule has 0 aliphatic carbocycles. The van der Waals surface area contributed by atoms with Gasteiger partial charge in [0.1, 0.15) is 9.76 Å². The molecule has 4 nitrogen and oxygen atoms in total. The molecule has 0 fully saturated rings. The number of carbonyl (C=O) groups is 1. The van der Waals surface area contributed by atoms with Crippen molar-refractivity contribution in [2.24, 2.45) is 0 Å². The van der Waals surface area contributed by atoms with Crippen molar-refractivity contribution in [3.8, 4) is 0 Å². The second-order valence-electron chi connectivity index (χ2n) is 2.46. The molecule has 0 saturated heterocycles. The van der Waals surface area contributed by atoms with Crippen LogP contribution in [0.15, 0.2) is 16.7 Å². The molecule has 0 aromatic carbocycles. The lowest BCUT2D eigenvalue weighted by molar-refractivity contribution is -0.0757. The second-order valence-corrected chi connectivity index (χ2v) is 3.63. The first-order valence-corrected chi connectivity index (χ1v) is 4.87. The fourth-order valence-electron chi connectivity index (χ4n) is 0.824. The van der Waals surface area contributed by atoms with Crippen molar-refractivity contribution in [2.45, 2.75) is 0 Å².